The molecule has 0 radical (unpaired) electrons. The highest BCUT2D eigenvalue weighted by Crippen LogP contribution is 2.25. The summed E-state index contributed by atoms with van der Waals surface area (Å²) in [5.41, 5.74) is -1.07. The van der Waals surface area contributed by atoms with Gasteiger partial charge in [0.1, 0.15) is 0 Å². The highest BCUT2D eigenvalue weighted by Gasteiger charge is 2.31. The third kappa shape index (κ3) is 3.78. The van der Waals surface area contributed by atoms with Crippen molar-refractivity contribution in [1.82, 2.24) is 4.72 Å². The van der Waals surface area contributed by atoms with Crippen LogP contribution in [0.15, 0.2) is 27.6 Å². The summed E-state index contributed by atoms with van der Waals surface area (Å²) < 4.78 is 27.0. The van der Waals surface area contributed by atoms with Gasteiger partial charge in [-0.2, -0.15) is 0 Å². The number of carboxylic acid groups (broad SMARTS) is 1. The molecule has 1 unspecified atom stereocenters. The maximum Gasteiger partial charge on any atom is 0.335 e. The van der Waals surface area contributed by atoms with Gasteiger partial charge in [-0.25, -0.2) is 17.9 Å². The van der Waals surface area contributed by atoms with Crippen LogP contribution in [-0.4, -0.2) is 36.2 Å². The Labute approximate surface area is 126 Å². The minimum Gasteiger partial charge on any atom is -0.478 e. The molecule has 1 rings (SSSR count). The van der Waals surface area contributed by atoms with Gasteiger partial charge in [0.2, 0.25) is 10.0 Å². The summed E-state index contributed by atoms with van der Waals surface area (Å²) in [6.45, 7) is 4.58. The zero-order valence-electron chi connectivity index (χ0n) is 11.2. The van der Waals surface area contributed by atoms with Crippen molar-refractivity contribution in [2.75, 3.05) is 0 Å². The molecule has 0 amide bonds. The Morgan fingerprint density at radius 2 is 1.95 bits per heavy atom. The molecule has 1 aromatic carbocycles. The van der Waals surface area contributed by atoms with E-state index in [1.807, 2.05) is 0 Å². The van der Waals surface area contributed by atoms with Crippen molar-refractivity contribution in [2.24, 2.45) is 0 Å². The average Bonchev–Trinajstić information content (AvgIpc) is 2.26. The molecule has 0 aliphatic heterocycles. The summed E-state index contributed by atoms with van der Waals surface area (Å²) in [4.78, 5) is 10.7. The van der Waals surface area contributed by atoms with Gasteiger partial charge in [0, 0.05) is 4.47 Å². The predicted molar refractivity (Wildman–Crippen MR) is 77.2 cm³/mol. The summed E-state index contributed by atoms with van der Waals surface area (Å²) in [5.74, 6) is -1.15. The molecule has 0 spiro atoms. The van der Waals surface area contributed by atoms with Gasteiger partial charge in [0.15, 0.2) is 0 Å². The van der Waals surface area contributed by atoms with Gasteiger partial charge in [0.25, 0.3) is 0 Å². The van der Waals surface area contributed by atoms with E-state index in [1.165, 1.54) is 25.1 Å². The standard InChI is InChI=1S/C12H16BrNO5S/c1-7(15)12(2,3)14-20(18,19)10-5-4-8(11(16)17)6-9(10)13/h4-7,14-15H,1-3H3,(H,16,17). The zero-order chi connectivity index (χ0) is 15.7. The van der Waals surface area contributed by atoms with Gasteiger partial charge in [-0.15, -0.1) is 0 Å². The van der Waals surface area contributed by atoms with Crippen LogP contribution in [0.25, 0.3) is 0 Å². The van der Waals surface area contributed by atoms with Crippen LogP contribution in [0.5, 0.6) is 0 Å². The van der Waals surface area contributed by atoms with E-state index in [0.29, 0.717) is 0 Å². The number of carboxylic acids is 1. The molecule has 8 heteroatoms. The van der Waals surface area contributed by atoms with E-state index in [9.17, 15) is 18.3 Å². The van der Waals surface area contributed by atoms with Crippen LogP contribution < -0.4 is 4.72 Å². The maximum atomic E-state index is 12.3. The maximum absolute atomic E-state index is 12.3. The zero-order valence-corrected chi connectivity index (χ0v) is 13.6. The van der Waals surface area contributed by atoms with Crippen molar-refractivity contribution in [3.05, 3.63) is 28.2 Å². The topological polar surface area (TPSA) is 104 Å². The van der Waals surface area contributed by atoms with Crippen LogP contribution in [0.3, 0.4) is 0 Å². The Balaban J connectivity index is 3.21. The van der Waals surface area contributed by atoms with Crippen LogP contribution in [0.4, 0.5) is 0 Å². The fourth-order valence-corrected chi connectivity index (χ4v) is 3.89. The Bertz CT molecular complexity index is 625. The lowest BCUT2D eigenvalue weighted by Crippen LogP contribution is -2.50. The molecule has 20 heavy (non-hydrogen) atoms. The lowest BCUT2D eigenvalue weighted by atomic mass is 10.0. The lowest BCUT2D eigenvalue weighted by Gasteiger charge is -2.29. The van der Waals surface area contributed by atoms with Crippen LogP contribution in [0.2, 0.25) is 0 Å². The number of hydrogen-bond acceptors (Lipinski definition) is 4. The normalized spacial score (nSPS) is 14.1. The number of nitrogens with one attached hydrogen (secondary N) is 1. The molecule has 0 saturated heterocycles. The Morgan fingerprint density at radius 3 is 2.35 bits per heavy atom. The number of aliphatic hydroxyl groups is 1. The van der Waals surface area contributed by atoms with Gasteiger partial charge >= 0.3 is 5.97 Å². The van der Waals surface area contributed by atoms with E-state index in [4.69, 9.17) is 5.11 Å². The average molecular weight is 366 g/mol. The first-order valence-corrected chi connectivity index (χ1v) is 8.00. The molecule has 0 aromatic heterocycles. The summed E-state index contributed by atoms with van der Waals surface area (Å²) in [5, 5.41) is 18.4. The van der Waals surface area contributed by atoms with Crippen molar-refractivity contribution in [3.8, 4) is 0 Å². The van der Waals surface area contributed by atoms with Gasteiger partial charge in [-0.05, 0) is 54.9 Å². The summed E-state index contributed by atoms with van der Waals surface area (Å²) >= 11 is 3.05. The van der Waals surface area contributed by atoms with Crippen molar-refractivity contribution in [2.45, 2.75) is 37.3 Å². The molecule has 1 atom stereocenters. The fourth-order valence-electron chi connectivity index (χ4n) is 1.34. The first-order valence-electron chi connectivity index (χ1n) is 5.72. The van der Waals surface area contributed by atoms with Crippen LogP contribution in [0, 0.1) is 0 Å². The van der Waals surface area contributed by atoms with Crippen LogP contribution in [0.1, 0.15) is 31.1 Å². The van der Waals surface area contributed by atoms with Gasteiger partial charge in [-0.1, -0.05) is 0 Å². The molecule has 0 fully saturated rings. The molecule has 1 aromatic rings. The van der Waals surface area contributed by atoms with Gasteiger partial charge in [-0.3, -0.25) is 0 Å². The number of hydrogen-bond donors (Lipinski definition) is 3. The molecule has 0 saturated carbocycles. The monoisotopic (exact) mass is 365 g/mol. The second kappa shape index (κ2) is 5.80. The highest BCUT2D eigenvalue weighted by atomic mass is 79.9. The van der Waals surface area contributed by atoms with E-state index in [-0.39, 0.29) is 14.9 Å². The Hall–Kier alpha value is -0.960. The molecule has 0 aliphatic rings. The molecular formula is C12H16BrNO5S. The molecular weight excluding hydrogens is 350 g/mol. The number of rotatable bonds is 5. The Morgan fingerprint density at radius 1 is 1.40 bits per heavy atom. The first kappa shape index (κ1) is 17.1. The smallest absolute Gasteiger partial charge is 0.335 e. The summed E-state index contributed by atoms with van der Waals surface area (Å²) in [6.07, 6.45) is -0.894. The van der Waals surface area contributed by atoms with E-state index >= 15 is 0 Å². The third-order valence-corrected chi connectivity index (χ3v) is 5.56. The van der Waals surface area contributed by atoms with Gasteiger partial charge < -0.3 is 10.2 Å². The number of benzene rings is 1. The van der Waals surface area contributed by atoms with E-state index in [2.05, 4.69) is 20.7 Å². The minimum absolute atomic E-state index is 0.0226. The molecule has 6 nitrogen and oxygen atoms in total. The second-order valence-electron chi connectivity index (χ2n) is 4.95. The fraction of sp³-hybridized carbons (Fsp3) is 0.417. The van der Waals surface area contributed by atoms with Crippen molar-refractivity contribution in [3.63, 3.8) is 0 Å². The second-order valence-corrected chi connectivity index (χ2v) is 7.46. The number of halogens is 1. The lowest BCUT2D eigenvalue weighted by molar-refractivity contribution is 0.0696. The van der Waals surface area contributed by atoms with Crippen molar-refractivity contribution >= 4 is 31.9 Å². The predicted octanol–water partition coefficient (Wildman–Crippen LogP) is 1.58. The van der Waals surface area contributed by atoms with Gasteiger partial charge in [0.05, 0.1) is 22.1 Å². The highest BCUT2D eigenvalue weighted by molar-refractivity contribution is 9.10. The molecule has 3 N–H and O–H groups in total. The van der Waals surface area contributed by atoms with Crippen LogP contribution >= 0.6 is 15.9 Å². The largest absolute Gasteiger partial charge is 0.478 e. The molecule has 0 bridgehead atoms. The third-order valence-electron chi connectivity index (χ3n) is 2.91. The number of carbonyl (C=O) groups is 1. The molecule has 112 valence electrons. The summed E-state index contributed by atoms with van der Waals surface area (Å²) in [7, 11) is -3.89. The van der Waals surface area contributed by atoms with E-state index in [0.717, 1.165) is 0 Å². The minimum atomic E-state index is -3.89. The number of sulfonamides is 1. The van der Waals surface area contributed by atoms with Crippen LogP contribution in [-0.2, 0) is 10.0 Å². The number of aliphatic hydroxyl groups excluding tert-OH is 1. The van der Waals surface area contributed by atoms with E-state index in [1.54, 1.807) is 13.8 Å². The van der Waals surface area contributed by atoms with Crippen molar-refractivity contribution in [1.29, 1.82) is 0 Å². The van der Waals surface area contributed by atoms with E-state index < -0.39 is 27.6 Å². The SMILES string of the molecule is CC(O)C(C)(C)NS(=O)(=O)c1ccc(C(=O)O)cc1Br. The molecule has 0 heterocycles. The Kier molecular flexibility index (Phi) is 4.96. The summed E-state index contributed by atoms with van der Waals surface area (Å²) in [6, 6.07) is 3.62. The number of aromatic carboxylic acids is 1. The first-order chi connectivity index (χ1) is 8.97. The molecule has 0 aliphatic carbocycles. The van der Waals surface area contributed by atoms with Crippen molar-refractivity contribution < 1.29 is 23.4 Å². The quantitative estimate of drug-likeness (QED) is 0.734.